The molecule has 1 aliphatic heterocycles. The van der Waals surface area contributed by atoms with Crippen LogP contribution in [0.2, 0.25) is 0 Å². The first kappa shape index (κ1) is 23.1. The lowest BCUT2D eigenvalue weighted by molar-refractivity contribution is 0.160. The van der Waals surface area contributed by atoms with E-state index in [2.05, 4.69) is 43.4 Å². The van der Waals surface area contributed by atoms with Gasteiger partial charge in [0.1, 0.15) is 0 Å². The number of hydrogen-bond acceptors (Lipinski definition) is 3. The zero-order chi connectivity index (χ0) is 21.3. The molecule has 0 atom stereocenters. The fraction of sp³-hybridized carbons (Fsp3) is 0.833. The van der Waals surface area contributed by atoms with Crippen LogP contribution in [0.25, 0.3) is 0 Å². The number of nitrogens with zero attached hydrogens (tertiary/aromatic N) is 4. The van der Waals surface area contributed by atoms with E-state index < -0.39 is 0 Å². The molecule has 1 aromatic rings. The van der Waals surface area contributed by atoms with Gasteiger partial charge in [-0.15, -0.1) is 0 Å². The lowest BCUT2D eigenvalue weighted by Gasteiger charge is -2.36. The van der Waals surface area contributed by atoms with E-state index >= 15 is 0 Å². The van der Waals surface area contributed by atoms with Crippen molar-refractivity contribution in [2.24, 2.45) is 18.0 Å². The predicted octanol–water partition coefficient (Wildman–Crippen LogP) is 3.64. The van der Waals surface area contributed by atoms with Crippen molar-refractivity contribution in [3.63, 3.8) is 0 Å². The van der Waals surface area contributed by atoms with Crippen LogP contribution in [0, 0.1) is 5.92 Å². The molecule has 1 aromatic heterocycles. The number of nitrogens with one attached hydrogen (secondary N) is 2. The summed E-state index contributed by atoms with van der Waals surface area (Å²) in [4.78, 5) is 7.65. The van der Waals surface area contributed by atoms with Crippen molar-refractivity contribution in [1.82, 2.24) is 25.3 Å². The zero-order valence-electron chi connectivity index (χ0n) is 19.8. The summed E-state index contributed by atoms with van der Waals surface area (Å²) in [5.41, 5.74) is 3.80. The third kappa shape index (κ3) is 6.22. The monoisotopic (exact) mass is 416 g/mol. The average molecular weight is 417 g/mol. The largest absolute Gasteiger partial charge is 0.357 e. The number of rotatable bonds is 8. The quantitative estimate of drug-likeness (QED) is 0.502. The third-order valence-corrected chi connectivity index (χ3v) is 6.94. The van der Waals surface area contributed by atoms with Crippen LogP contribution >= 0.6 is 0 Å². The number of aromatic nitrogens is 2. The summed E-state index contributed by atoms with van der Waals surface area (Å²) in [5, 5.41) is 11.9. The van der Waals surface area contributed by atoms with Gasteiger partial charge in [0.05, 0.1) is 12.2 Å². The molecular formula is C24H44N6. The summed E-state index contributed by atoms with van der Waals surface area (Å²) < 4.78 is 2.03. The summed E-state index contributed by atoms with van der Waals surface area (Å²) in [6, 6.07) is 0.524. The molecule has 0 radical (unpaired) electrons. The minimum atomic E-state index is 0.524. The minimum absolute atomic E-state index is 0.524. The second kappa shape index (κ2) is 11.7. The molecule has 2 heterocycles. The van der Waals surface area contributed by atoms with E-state index in [9.17, 15) is 0 Å². The van der Waals surface area contributed by atoms with Gasteiger partial charge < -0.3 is 15.5 Å². The number of aryl methyl sites for hydroxylation is 2. The van der Waals surface area contributed by atoms with Gasteiger partial charge in [-0.3, -0.25) is 4.68 Å². The van der Waals surface area contributed by atoms with Gasteiger partial charge >= 0.3 is 0 Å². The highest BCUT2D eigenvalue weighted by molar-refractivity contribution is 5.80. The van der Waals surface area contributed by atoms with Crippen LogP contribution in [0.3, 0.4) is 0 Å². The topological polar surface area (TPSA) is 57.5 Å². The molecule has 2 fully saturated rings. The maximum Gasteiger partial charge on any atom is 0.191 e. The fourth-order valence-corrected chi connectivity index (χ4v) is 5.24. The molecule has 30 heavy (non-hydrogen) atoms. The lowest BCUT2D eigenvalue weighted by atomic mass is 9.88. The van der Waals surface area contributed by atoms with Crippen molar-refractivity contribution >= 4 is 5.96 Å². The Morgan fingerprint density at radius 2 is 1.77 bits per heavy atom. The number of aliphatic imine (C=N–C) groups is 1. The third-order valence-electron chi connectivity index (χ3n) is 6.94. The first-order valence-corrected chi connectivity index (χ1v) is 12.4. The van der Waals surface area contributed by atoms with Gasteiger partial charge in [0.2, 0.25) is 0 Å². The molecule has 1 saturated carbocycles. The summed E-state index contributed by atoms with van der Waals surface area (Å²) in [6.07, 6.45) is 11.6. The highest BCUT2D eigenvalue weighted by atomic mass is 15.3. The first-order chi connectivity index (χ1) is 14.6. The van der Waals surface area contributed by atoms with Crippen LogP contribution in [0.5, 0.6) is 0 Å². The SMILES string of the molecule is CCNC(=NCc1c(CC)nn(C)c1CC)NC1CCN(CC2CCCCC2)CC1. The molecule has 1 aliphatic carbocycles. The van der Waals surface area contributed by atoms with Crippen LogP contribution < -0.4 is 10.6 Å². The van der Waals surface area contributed by atoms with Gasteiger partial charge in [0.15, 0.2) is 5.96 Å². The van der Waals surface area contributed by atoms with Gasteiger partial charge in [-0.25, -0.2) is 4.99 Å². The number of hydrogen-bond donors (Lipinski definition) is 2. The first-order valence-electron chi connectivity index (χ1n) is 12.4. The van der Waals surface area contributed by atoms with Crippen LogP contribution in [0.15, 0.2) is 4.99 Å². The number of guanidine groups is 1. The van der Waals surface area contributed by atoms with E-state index in [1.54, 1.807) is 0 Å². The second-order valence-electron chi connectivity index (χ2n) is 9.12. The lowest BCUT2D eigenvalue weighted by Crippen LogP contribution is -2.49. The average Bonchev–Trinajstić information content (AvgIpc) is 3.08. The smallest absolute Gasteiger partial charge is 0.191 e. The van der Waals surface area contributed by atoms with Crippen LogP contribution in [-0.4, -0.2) is 52.9 Å². The highest BCUT2D eigenvalue weighted by Gasteiger charge is 2.23. The summed E-state index contributed by atoms with van der Waals surface area (Å²) in [5.74, 6) is 1.90. The Morgan fingerprint density at radius 3 is 2.40 bits per heavy atom. The standard InChI is InChI=1S/C24H44N6/c1-5-22-21(23(6-2)29(4)28-22)17-26-24(25-7-3)27-20-13-15-30(16-14-20)18-19-11-9-8-10-12-19/h19-20H,5-18H2,1-4H3,(H2,25,26,27). The van der Waals surface area contributed by atoms with Crippen LogP contribution in [0.1, 0.15) is 82.7 Å². The molecule has 0 spiro atoms. The van der Waals surface area contributed by atoms with E-state index in [0.29, 0.717) is 12.6 Å². The van der Waals surface area contributed by atoms with Crippen LogP contribution in [-0.2, 0) is 26.4 Å². The predicted molar refractivity (Wildman–Crippen MR) is 126 cm³/mol. The van der Waals surface area contributed by atoms with Gasteiger partial charge in [-0.05, 0) is 51.4 Å². The zero-order valence-corrected chi connectivity index (χ0v) is 19.8. The molecular weight excluding hydrogens is 372 g/mol. The van der Waals surface area contributed by atoms with Crippen molar-refractivity contribution in [1.29, 1.82) is 0 Å². The maximum atomic E-state index is 4.95. The highest BCUT2D eigenvalue weighted by Crippen LogP contribution is 2.25. The van der Waals surface area contributed by atoms with Gasteiger partial charge in [-0.1, -0.05) is 33.1 Å². The van der Waals surface area contributed by atoms with E-state index in [4.69, 9.17) is 10.1 Å². The number of piperidine rings is 1. The van der Waals surface area contributed by atoms with Crippen molar-refractivity contribution in [2.45, 2.75) is 91.1 Å². The molecule has 6 heteroatoms. The molecule has 3 rings (SSSR count). The van der Waals surface area contributed by atoms with Gasteiger partial charge in [0.25, 0.3) is 0 Å². The van der Waals surface area contributed by atoms with Crippen molar-refractivity contribution in [2.75, 3.05) is 26.2 Å². The molecule has 1 saturated heterocycles. The van der Waals surface area contributed by atoms with E-state index in [1.807, 2.05) is 4.68 Å². The van der Waals surface area contributed by atoms with Crippen molar-refractivity contribution in [3.8, 4) is 0 Å². The van der Waals surface area contributed by atoms with E-state index in [-0.39, 0.29) is 0 Å². The Hall–Kier alpha value is -1.56. The van der Waals surface area contributed by atoms with Gasteiger partial charge in [0, 0.05) is 50.5 Å². The molecule has 0 unspecified atom stereocenters. The normalized spacial score (nSPS) is 19.9. The van der Waals surface area contributed by atoms with Crippen molar-refractivity contribution in [3.05, 3.63) is 17.0 Å². The summed E-state index contributed by atoms with van der Waals surface area (Å²) in [7, 11) is 2.05. The summed E-state index contributed by atoms with van der Waals surface area (Å²) in [6.45, 7) is 11.9. The van der Waals surface area contributed by atoms with Crippen molar-refractivity contribution < 1.29 is 0 Å². The maximum absolute atomic E-state index is 4.95. The molecule has 2 aliphatic rings. The molecule has 0 amide bonds. The number of likely N-dealkylation sites (tertiary alicyclic amines) is 1. The molecule has 0 aromatic carbocycles. The Balaban J connectivity index is 1.53. The van der Waals surface area contributed by atoms with Crippen LogP contribution in [0.4, 0.5) is 0 Å². The molecule has 0 bridgehead atoms. The molecule has 2 N–H and O–H groups in total. The Bertz CT molecular complexity index is 665. The van der Waals surface area contributed by atoms with E-state index in [0.717, 1.165) is 31.3 Å². The Labute approximate surface area is 183 Å². The fourth-order valence-electron chi connectivity index (χ4n) is 5.24. The molecule has 6 nitrogen and oxygen atoms in total. The minimum Gasteiger partial charge on any atom is -0.357 e. The Kier molecular flexibility index (Phi) is 9.04. The Morgan fingerprint density at radius 1 is 1.03 bits per heavy atom. The summed E-state index contributed by atoms with van der Waals surface area (Å²) >= 11 is 0. The van der Waals surface area contributed by atoms with E-state index in [1.165, 1.54) is 81.5 Å². The van der Waals surface area contributed by atoms with Gasteiger partial charge in [-0.2, -0.15) is 5.10 Å². The second-order valence-corrected chi connectivity index (χ2v) is 9.12. The molecule has 170 valence electrons.